The van der Waals surface area contributed by atoms with Gasteiger partial charge in [-0.3, -0.25) is 4.90 Å². The molecule has 1 fully saturated rings. The summed E-state index contributed by atoms with van der Waals surface area (Å²) in [5, 5.41) is 9.85. The van der Waals surface area contributed by atoms with Gasteiger partial charge in [0.05, 0.1) is 5.60 Å². The van der Waals surface area contributed by atoms with Crippen LogP contribution in [0, 0.1) is 6.92 Å². The van der Waals surface area contributed by atoms with Gasteiger partial charge < -0.3 is 10.0 Å². The third-order valence-electron chi connectivity index (χ3n) is 3.34. The second-order valence-electron chi connectivity index (χ2n) is 5.87. The Kier molecular flexibility index (Phi) is 4.48. The zero-order valence-corrected chi connectivity index (χ0v) is 13.4. The molecule has 1 saturated heterocycles. The van der Waals surface area contributed by atoms with Gasteiger partial charge >= 0.3 is 0 Å². The smallest absolute Gasteiger partial charge is 0.128 e. The van der Waals surface area contributed by atoms with E-state index in [2.05, 4.69) is 43.7 Å². The van der Waals surface area contributed by atoms with E-state index in [1.165, 1.54) is 5.56 Å². The van der Waals surface area contributed by atoms with E-state index < -0.39 is 5.60 Å². The van der Waals surface area contributed by atoms with E-state index in [-0.39, 0.29) is 0 Å². The number of aliphatic hydroxyl groups is 1. The van der Waals surface area contributed by atoms with Crippen LogP contribution >= 0.6 is 15.9 Å². The molecule has 5 heteroatoms. The first-order valence-corrected chi connectivity index (χ1v) is 7.46. The Morgan fingerprint density at radius 2 is 1.95 bits per heavy atom. The minimum Gasteiger partial charge on any atom is -0.389 e. The normalized spacial score (nSPS) is 17.8. The summed E-state index contributed by atoms with van der Waals surface area (Å²) in [6.07, 6.45) is 1.87. The van der Waals surface area contributed by atoms with Crippen molar-refractivity contribution in [1.29, 1.82) is 0 Å². The minimum absolute atomic E-state index is 0.616. The van der Waals surface area contributed by atoms with Gasteiger partial charge in [-0.05, 0) is 48.3 Å². The minimum atomic E-state index is -0.616. The molecular formula is C14H22BrN3O. The average Bonchev–Trinajstić information content (AvgIpc) is 2.32. The lowest BCUT2D eigenvalue weighted by atomic mass is 10.1. The fraction of sp³-hybridized carbons (Fsp3) is 0.643. The van der Waals surface area contributed by atoms with Gasteiger partial charge in [0.15, 0.2) is 0 Å². The SMILES string of the molecule is Cc1cc(N2CCN(CC(C)(C)O)CC2)ncc1Br. The molecular weight excluding hydrogens is 306 g/mol. The Balaban J connectivity index is 1.94. The number of β-amino-alcohol motifs (C(OH)–C–C–N with tert-alkyl or cyclic N) is 1. The van der Waals surface area contributed by atoms with E-state index in [1.54, 1.807) is 0 Å². The maximum atomic E-state index is 9.85. The monoisotopic (exact) mass is 327 g/mol. The fourth-order valence-corrected chi connectivity index (χ4v) is 2.60. The number of piperazine rings is 1. The van der Waals surface area contributed by atoms with Gasteiger partial charge in [-0.2, -0.15) is 0 Å². The molecule has 2 heterocycles. The Morgan fingerprint density at radius 3 is 2.47 bits per heavy atom. The summed E-state index contributed by atoms with van der Waals surface area (Å²) in [5.41, 5.74) is 0.596. The fourth-order valence-electron chi connectivity index (χ4n) is 2.38. The highest BCUT2D eigenvalue weighted by atomic mass is 79.9. The largest absolute Gasteiger partial charge is 0.389 e. The topological polar surface area (TPSA) is 39.6 Å². The number of nitrogens with zero attached hydrogens (tertiary/aromatic N) is 3. The number of aryl methyl sites for hydroxylation is 1. The molecule has 0 spiro atoms. The molecule has 19 heavy (non-hydrogen) atoms. The summed E-state index contributed by atoms with van der Waals surface area (Å²) >= 11 is 3.48. The Labute approximate surface area is 123 Å². The zero-order chi connectivity index (χ0) is 14.0. The molecule has 1 aromatic heterocycles. The van der Waals surface area contributed by atoms with Gasteiger partial charge in [-0.15, -0.1) is 0 Å². The van der Waals surface area contributed by atoms with E-state index in [9.17, 15) is 5.11 Å². The van der Waals surface area contributed by atoms with Crippen LogP contribution in [0.3, 0.4) is 0 Å². The molecule has 106 valence electrons. The molecule has 4 nitrogen and oxygen atoms in total. The predicted octanol–water partition coefficient (Wildman–Crippen LogP) is 2.05. The van der Waals surface area contributed by atoms with Gasteiger partial charge in [0.25, 0.3) is 0 Å². The van der Waals surface area contributed by atoms with Crippen molar-refractivity contribution in [1.82, 2.24) is 9.88 Å². The van der Waals surface area contributed by atoms with Gasteiger partial charge in [0.1, 0.15) is 5.82 Å². The van der Waals surface area contributed by atoms with E-state index in [1.807, 2.05) is 20.0 Å². The molecule has 2 rings (SSSR count). The second kappa shape index (κ2) is 5.77. The lowest BCUT2D eigenvalue weighted by Gasteiger charge is -2.37. The van der Waals surface area contributed by atoms with Crippen LogP contribution in [0.5, 0.6) is 0 Å². The van der Waals surface area contributed by atoms with Crippen molar-refractivity contribution in [2.75, 3.05) is 37.6 Å². The van der Waals surface area contributed by atoms with Crippen molar-refractivity contribution in [2.24, 2.45) is 0 Å². The lowest BCUT2D eigenvalue weighted by Crippen LogP contribution is -2.50. The third kappa shape index (κ3) is 4.16. The molecule has 1 N–H and O–H groups in total. The van der Waals surface area contributed by atoms with Crippen LogP contribution in [-0.4, -0.2) is 53.3 Å². The van der Waals surface area contributed by atoms with Crippen molar-refractivity contribution >= 4 is 21.7 Å². The summed E-state index contributed by atoms with van der Waals surface area (Å²) in [7, 11) is 0. The summed E-state index contributed by atoms with van der Waals surface area (Å²) in [5.74, 6) is 1.05. The summed E-state index contributed by atoms with van der Waals surface area (Å²) < 4.78 is 1.05. The van der Waals surface area contributed by atoms with Crippen LogP contribution in [0.1, 0.15) is 19.4 Å². The number of aromatic nitrogens is 1. The molecule has 1 aromatic rings. The number of pyridine rings is 1. The maximum absolute atomic E-state index is 9.85. The Hall–Kier alpha value is -0.650. The van der Waals surface area contributed by atoms with Gasteiger partial charge in [0.2, 0.25) is 0 Å². The number of hydrogen-bond acceptors (Lipinski definition) is 4. The number of rotatable bonds is 3. The molecule has 0 bridgehead atoms. The van der Waals surface area contributed by atoms with E-state index >= 15 is 0 Å². The molecule has 0 radical (unpaired) electrons. The van der Waals surface area contributed by atoms with Crippen molar-refractivity contribution < 1.29 is 5.11 Å². The molecule has 1 aliphatic rings. The molecule has 1 aliphatic heterocycles. The predicted molar refractivity (Wildman–Crippen MR) is 81.6 cm³/mol. The van der Waals surface area contributed by atoms with E-state index in [0.717, 1.165) is 43.0 Å². The highest BCUT2D eigenvalue weighted by Crippen LogP contribution is 2.21. The van der Waals surface area contributed by atoms with Crippen LogP contribution in [-0.2, 0) is 0 Å². The summed E-state index contributed by atoms with van der Waals surface area (Å²) in [4.78, 5) is 9.09. The quantitative estimate of drug-likeness (QED) is 0.922. The van der Waals surface area contributed by atoms with Crippen molar-refractivity contribution in [3.63, 3.8) is 0 Å². The maximum Gasteiger partial charge on any atom is 0.128 e. The molecule has 0 saturated carbocycles. The molecule has 0 amide bonds. The van der Waals surface area contributed by atoms with Crippen molar-refractivity contribution in [2.45, 2.75) is 26.4 Å². The second-order valence-corrected chi connectivity index (χ2v) is 6.72. The standard InChI is InChI=1S/C14H22BrN3O/c1-11-8-13(16-9-12(11)15)18-6-4-17(5-7-18)10-14(2,3)19/h8-9,19H,4-7,10H2,1-3H3. The van der Waals surface area contributed by atoms with Crippen LogP contribution in [0.2, 0.25) is 0 Å². The number of hydrogen-bond donors (Lipinski definition) is 1. The van der Waals surface area contributed by atoms with Gasteiger partial charge in [-0.1, -0.05) is 0 Å². The van der Waals surface area contributed by atoms with Crippen LogP contribution in [0.15, 0.2) is 16.7 Å². The lowest BCUT2D eigenvalue weighted by molar-refractivity contribution is 0.0344. The third-order valence-corrected chi connectivity index (χ3v) is 4.17. The zero-order valence-electron chi connectivity index (χ0n) is 11.9. The summed E-state index contributed by atoms with van der Waals surface area (Å²) in [6.45, 7) is 10.4. The molecule has 0 aromatic carbocycles. The first-order chi connectivity index (χ1) is 8.85. The highest BCUT2D eigenvalue weighted by Gasteiger charge is 2.23. The van der Waals surface area contributed by atoms with Crippen LogP contribution in [0.4, 0.5) is 5.82 Å². The van der Waals surface area contributed by atoms with Crippen molar-refractivity contribution in [3.8, 4) is 0 Å². The molecule has 0 unspecified atom stereocenters. The summed E-state index contributed by atoms with van der Waals surface area (Å²) in [6, 6.07) is 2.12. The Morgan fingerprint density at radius 1 is 1.32 bits per heavy atom. The van der Waals surface area contributed by atoms with Crippen molar-refractivity contribution in [3.05, 3.63) is 22.3 Å². The van der Waals surface area contributed by atoms with Gasteiger partial charge in [-0.25, -0.2) is 4.98 Å². The van der Waals surface area contributed by atoms with Gasteiger partial charge in [0, 0.05) is 43.4 Å². The first-order valence-electron chi connectivity index (χ1n) is 6.67. The first kappa shape index (κ1) is 14.8. The van der Waals surface area contributed by atoms with E-state index in [4.69, 9.17) is 0 Å². The molecule has 0 aliphatic carbocycles. The number of halogens is 1. The van der Waals surface area contributed by atoms with Crippen LogP contribution in [0.25, 0.3) is 0 Å². The average molecular weight is 328 g/mol. The highest BCUT2D eigenvalue weighted by molar-refractivity contribution is 9.10. The van der Waals surface area contributed by atoms with E-state index in [0.29, 0.717) is 0 Å². The number of anilines is 1. The molecule has 0 atom stereocenters. The Bertz CT molecular complexity index is 437. The van der Waals surface area contributed by atoms with Crippen LogP contribution < -0.4 is 4.90 Å².